The van der Waals surface area contributed by atoms with Crippen molar-refractivity contribution in [3.05, 3.63) is 45.9 Å². The first-order valence-electron chi connectivity index (χ1n) is 5.96. The second-order valence-corrected chi connectivity index (χ2v) is 5.28. The van der Waals surface area contributed by atoms with Crippen LogP contribution in [-0.4, -0.2) is 18.0 Å². The van der Waals surface area contributed by atoms with E-state index in [0.29, 0.717) is 13.0 Å². The van der Waals surface area contributed by atoms with E-state index >= 15 is 0 Å². The molecule has 1 aromatic carbocycles. The van der Waals surface area contributed by atoms with E-state index in [1.54, 1.807) is 18.4 Å². The predicted molar refractivity (Wildman–Crippen MR) is 76.3 cm³/mol. The molecule has 100 valence electrons. The molecule has 0 radical (unpaired) electrons. The maximum Gasteiger partial charge on any atom is 0.230 e. The van der Waals surface area contributed by atoms with Crippen LogP contribution in [0.4, 0.5) is 5.69 Å². The lowest BCUT2D eigenvalue weighted by Gasteiger charge is -2.06. The van der Waals surface area contributed by atoms with Crippen LogP contribution in [0.1, 0.15) is 16.3 Å². The van der Waals surface area contributed by atoms with E-state index in [-0.39, 0.29) is 5.91 Å². The Labute approximate surface area is 116 Å². The summed E-state index contributed by atoms with van der Waals surface area (Å²) >= 11 is 1.55. The van der Waals surface area contributed by atoms with Gasteiger partial charge in [-0.2, -0.15) is 0 Å². The van der Waals surface area contributed by atoms with Gasteiger partial charge in [0, 0.05) is 18.2 Å². The number of anilines is 1. The van der Waals surface area contributed by atoms with E-state index in [1.807, 2.05) is 36.6 Å². The molecular formula is C14H16N2O2S. The van der Waals surface area contributed by atoms with Gasteiger partial charge in [-0.15, -0.1) is 11.3 Å². The normalized spacial score (nSPS) is 10.4. The number of amides is 1. The van der Waals surface area contributed by atoms with Gasteiger partial charge in [0.25, 0.3) is 0 Å². The summed E-state index contributed by atoms with van der Waals surface area (Å²) in [5.41, 5.74) is 2.63. The van der Waals surface area contributed by atoms with Crippen molar-refractivity contribution in [1.82, 2.24) is 4.98 Å². The van der Waals surface area contributed by atoms with E-state index < -0.39 is 0 Å². The molecule has 1 heterocycles. The van der Waals surface area contributed by atoms with Gasteiger partial charge in [0.2, 0.25) is 5.91 Å². The lowest BCUT2D eigenvalue weighted by atomic mass is 10.2. The quantitative estimate of drug-likeness (QED) is 0.913. The molecule has 0 aliphatic heterocycles. The molecule has 0 saturated heterocycles. The zero-order valence-electron chi connectivity index (χ0n) is 11.0. The van der Waals surface area contributed by atoms with E-state index in [4.69, 9.17) is 4.74 Å². The van der Waals surface area contributed by atoms with Crippen molar-refractivity contribution in [3.63, 3.8) is 0 Å². The van der Waals surface area contributed by atoms with Gasteiger partial charge in [-0.25, -0.2) is 4.98 Å². The SMILES string of the molecule is COCc1cccc(NC(=O)Cc2csc(C)n2)c1. The third kappa shape index (κ3) is 4.15. The van der Waals surface area contributed by atoms with Crippen molar-refractivity contribution < 1.29 is 9.53 Å². The number of carbonyl (C=O) groups is 1. The van der Waals surface area contributed by atoms with Crippen LogP contribution >= 0.6 is 11.3 Å². The lowest BCUT2D eigenvalue weighted by Crippen LogP contribution is -2.14. The van der Waals surface area contributed by atoms with Gasteiger partial charge in [-0.05, 0) is 24.6 Å². The highest BCUT2D eigenvalue weighted by Crippen LogP contribution is 2.13. The molecule has 1 N–H and O–H groups in total. The number of rotatable bonds is 5. The first kappa shape index (κ1) is 13.7. The minimum absolute atomic E-state index is 0.0557. The summed E-state index contributed by atoms with van der Waals surface area (Å²) in [4.78, 5) is 16.2. The number of aryl methyl sites for hydroxylation is 1. The smallest absolute Gasteiger partial charge is 0.230 e. The fourth-order valence-electron chi connectivity index (χ4n) is 1.76. The highest BCUT2D eigenvalue weighted by atomic mass is 32.1. The first-order valence-corrected chi connectivity index (χ1v) is 6.84. The molecule has 0 spiro atoms. The van der Waals surface area contributed by atoms with E-state index in [2.05, 4.69) is 10.3 Å². The van der Waals surface area contributed by atoms with Gasteiger partial charge in [0.15, 0.2) is 0 Å². The van der Waals surface area contributed by atoms with Gasteiger partial charge >= 0.3 is 0 Å². The fraction of sp³-hybridized carbons (Fsp3) is 0.286. The van der Waals surface area contributed by atoms with E-state index in [0.717, 1.165) is 22.0 Å². The van der Waals surface area contributed by atoms with Crippen molar-refractivity contribution in [2.24, 2.45) is 0 Å². The summed E-state index contributed by atoms with van der Waals surface area (Å²) in [5, 5.41) is 5.76. The van der Waals surface area contributed by atoms with Crippen LogP contribution in [0.5, 0.6) is 0 Å². The van der Waals surface area contributed by atoms with E-state index in [9.17, 15) is 4.79 Å². The molecule has 19 heavy (non-hydrogen) atoms. The number of aromatic nitrogens is 1. The summed E-state index contributed by atoms with van der Waals surface area (Å²) in [6, 6.07) is 7.64. The van der Waals surface area contributed by atoms with E-state index in [1.165, 1.54) is 0 Å². The molecule has 2 aromatic rings. The molecule has 2 rings (SSSR count). The summed E-state index contributed by atoms with van der Waals surface area (Å²) in [6.07, 6.45) is 0.304. The predicted octanol–water partition coefficient (Wildman–Crippen LogP) is 2.78. The molecule has 1 amide bonds. The number of thiazole rings is 1. The van der Waals surface area contributed by atoms with Gasteiger partial charge in [-0.1, -0.05) is 12.1 Å². The van der Waals surface area contributed by atoms with Crippen LogP contribution in [0.15, 0.2) is 29.6 Å². The van der Waals surface area contributed by atoms with Crippen LogP contribution in [0.3, 0.4) is 0 Å². The monoisotopic (exact) mass is 276 g/mol. The van der Waals surface area contributed by atoms with Crippen molar-refractivity contribution in [3.8, 4) is 0 Å². The molecular weight excluding hydrogens is 260 g/mol. The molecule has 0 fully saturated rings. The van der Waals surface area contributed by atoms with Crippen LogP contribution in [0.25, 0.3) is 0 Å². The minimum atomic E-state index is -0.0557. The second kappa shape index (κ2) is 6.45. The molecule has 0 aliphatic carbocycles. The Bertz CT molecular complexity index is 566. The highest BCUT2D eigenvalue weighted by Gasteiger charge is 2.07. The third-order valence-corrected chi connectivity index (χ3v) is 3.35. The number of hydrogen-bond donors (Lipinski definition) is 1. The molecule has 0 atom stereocenters. The Balaban J connectivity index is 1.96. The van der Waals surface area contributed by atoms with Gasteiger partial charge in [-0.3, -0.25) is 4.79 Å². The number of ether oxygens (including phenoxy) is 1. The van der Waals surface area contributed by atoms with Gasteiger partial charge in [0.1, 0.15) is 0 Å². The molecule has 0 saturated carbocycles. The standard InChI is InChI=1S/C14H16N2O2S/c1-10-15-13(9-19-10)7-14(17)16-12-5-3-4-11(6-12)8-18-2/h3-6,9H,7-8H2,1-2H3,(H,16,17). The number of hydrogen-bond acceptors (Lipinski definition) is 4. The Morgan fingerprint density at radius 3 is 3.00 bits per heavy atom. The van der Waals surface area contributed by atoms with Gasteiger partial charge in [0.05, 0.1) is 23.7 Å². The van der Waals surface area contributed by atoms with Crippen molar-refractivity contribution in [1.29, 1.82) is 0 Å². The molecule has 4 nitrogen and oxygen atoms in total. The van der Waals surface area contributed by atoms with Crippen LogP contribution < -0.4 is 5.32 Å². The molecule has 0 bridgehead atoms. The topological polar surface area (TPSA) is 51.2 Å². The second-order valence-electron chi connectivity index (χ2n) is 4.22. The zero-order valence-corrected chi connectivity index (χ0v) is 11.8. The number of nitrogens with zero attached hydrogens (tertiary/aromatic N) is 1. The average molecular weight is 276 g/mol. The van der Waals surface area contributed by atoms with Crippen LogP contribution in [0.2, 0.25) is 0 Å². The van der Waals surface area contributed by atoms with Crippen molar-refractivity contribution in [2.75, 3.05) is 12.4 Å². The molecule has 0 aliphatic rings. The Hall–Kier alpha value is -1.72. The lowest BCUT2D eigenvalue weighted by molar-refractivity contribution is -0.115. The number of carbonyl (C=O) groups excluding carboxylic acids is 1. The van der Waals surface area contributed by atoms with Crippen LogP contribution in [0, 0.1) is 6.92 Å². The Kier molecular flexibility index (Phi) is 4.65. The van der Waals surface area contributed by atoms with Gasteiger partial charge < -0.3 is 10.1 Å². The number of methoxy groups -OCH3 is 1. The Morgan fingerprint density at radius 2 is 2.32 bits per heavy atom. The van der Waals surface area contributed by atoms with Crippen molar-refractivity contribution in [2.45, 2.75) is 20.0 Å². The van der Waals surface area contributed by atoms with Crippen molar-refractivity contribution >= 4 is 22.9 Å². The summed E-state index contributed by atoms with van der Waals surface area (Å²) in [7, 11) is 1.65. The highest BCUT2D eigenvalue weighted by molar-refractivity contribution is 7.09. The van der Waals surface area contributed by atoms with Crippen LogP contribution in [-0.2, 0) is 22.6 Å². The molecule has 1 aromatic heterocycles. The summed E-state index contributed by atoms with van der Waals surface area (Å²) in [6.45, 7) is 2.47. The maximum absolute atomic E-state index is 11.9. The number of benzene rings is 1. The molecule has 0 unspecified atom stereocenters. The summed E-state index contributed by atoms with van der Waals surface area (Å²) < 4.78 is 5.06. The zero-order chi connectivity index (χ0) is 13.7. The molecule has 5 heteroatoms. The average Bonchev–Trinajstić information content (AvgIpc) is 2.75. The third-order valence-electron chi connectivity index (χ3n) is 2.53. The summed E-state index contributed by atoms with van der Waals surface area (Å²) in [5.74, 6) is -0.0557. The Morgan fingerprint density at radius 1 is 1.47 bits per heavy atom. The minimum Gasteiger partial charge on any atom is -0.380 e. The first-order chi connectivity index (χ1) is 9.17. The fourth-order valence-corrected chi connectivity index (χ4v) is 2.38. The maximum atomic E-state index is 11.9. The number of nitrogens with one attached hydrogen (secondary N) is 1. The largest absolute Gasteiger partial charge is 0.380 e.